The van der Waals surface area contributed by atoms with Crippen LogP contribution in [0.3, 0.4) is 0 Å². The molecule has 19 heavy (non-hydrogen) atoms. The lowest BCUT2D eigenvalue weighted by Gasteiger charge is -2.19. The van der Waals surface area contributed by atoms with Gasteiger partial charge in [-0.15, -0.1) is 34.8 Å². The zero-order valence-corrected chi connectivity index (χ0v) is 17.8. The molecule has 0 aliphatic rings. The lowest BCUT2D eigenvalue weighted by atomic mass is 10.5. The number of rotatable bonds is 12. The van der Waals surface area contributed by atoms with Crippen molar-refractivity contribution in [1.82, 2.24) is 0 Å². The van der Waals surface area contributed by atoms with Crippen molar-refractivity contribution in [3.63, 3.8) is 0 Å². The molecule has 0 heterocycles. The number of alkyl halides is 6. The Hall–Kier alpha value is 2.62. The summed E-state index contributed by atoms with van der Waals surface area (Å²) < 4.78 is 16.6. The van der Waals surface area contributed by atoms with Crippen molar-refractivity contribution in [1.29, 1.82) is 0 Å². The van der Waals surface area contributed by atoms with E-state index < -0.39 is 8.60 Å². The highest BCUT2D eigenvalue weighted by Gasteiger charge is 2.18. The van der Waals surface area contributed by atoms with Gasteiger partial charge in [0.25, 0.3) is 0 Å². The fourth-order valence-corrected chi connectivity index (χ4v) is 3.08. The van der Waals surface area contributed by atoms with E-state index in [1.54, 1.807) is 0 Å². The van der Waals surface area contributed by atoms with Gasteiger partial charge in [-0.3, -0.25) is 0 Å². The molecule has 0 fully saturated rings. The Morgan fingerprint density at radius 2 is 0.947 bits per heavy atom. The smallest absolute Gasteiger partial charge is 0.311 e. The maximum absolute atomic E-state index is 5.68. The van der Waals surface area contributed by atoms with Crippen molar-refractivity contribution in [2.45, 2.75) is 14.5 Å². The second-order valence-electron chi connectivity index (χ2n) is 3.37. The van der Waals surface area contributed by atoms with Gasteiger partial charge in [0.2, 0.25) is 0 Å². The summed E-state index contributed by atoms with van der Waals surface area (Å²) in [6, 6.07) is 0. The van der Waals surface area contributed by atoms with Crippen LogP contribution < -0.4 is 0 Å². The van der Waals surface area contributed by atoms with Crippen LogP contribution >= 0.6 is 91.2 Å². The van der Waals surface area contributed by atoms with E-state index in [1.165, 1.54) is 0 Å². The van der Waals surface area contributed by atoms with E-state index in [9.17, 15) is 0 Å². The molecule has 0 saturated heterocycles. The van der Waals surface area contributed by atoms with E-state index in [1.807, 2.05) is 0 Å². The predicted molar refractivity (Wildman–Crippen MR) is 95.1 cm³/mol. The topological polar surface area (TPSA) is 27.7 Å². The van der Waals surface area contributed by atoms with Gasteiger partial charge in [-0.25, -0.2) is 0 Å². The number of halogens is 6. The van der Waals surface area contributed by atoms with Crippen molar-refractivity contribution in [2.75, 3.05) is 37.5 Å². The van der Waals surface area contributed by atoms with Crippen molar-refractivity contribution in [3.8, 4) is 0 Å². The molecule has 0 rings (SSSR count). The molecule has 0 aliphatic carbocycles. The van der Waals surface area contributed by atoms with Crippen molar-refractivity contribution in [3.05, 3.63) is 0 Å². The Morgan fingerprint density at radius 1 is 0.684 bits per heavy atom. The maximum Gasteiger partial charge on any atom is 0.332 e. The van der Waals surface area contributed by atoms with E-state index in [0.717, 1.165) is 0 Å². The minimum absolute atomic E-state index is 0.0620. The molecule has 3 unspecified atom stereocenters. The molecule has 10 heteroatoms. The fourth-order valence-electron chi connectivity index (χ4n) is 0.671. The summed E-state index contributed by atoms with van der Waals surface area (Å²) in [7, 11) is -1.44. The Balaban J connectivity index is 4.06. The van der Waals surface area contributed by atoms with Crippen molar-refractivity contribution in [2.24, 2.45) is 0 Å². The van der Waals surface area contributed by atoms with Crippen LogP contribution in [0.4, 0.5) is 0 Å². The normalized spacial score (nSPS) is 18.0. The zero-order valence-electron chi connectivity index (χ0n) is 9.91. The monoisotopic (exact) mass is 544 g/mol. The first kappa shape index (κ1) is 21.6. The number of hydrogen-bond acceptors (Lipinski definition) is 3. The summed E-state index contributed by atoms with van der Waals surface area (Å²) in [6.07, 6.45) is 0. The molecule has 0 radical (unpaired) electrons. The van der Waals surface area contributed by atoms with Gasteiger partial charge in [0.05, 0.1) is 34.3 Å². The molecule has 3 atom stereocenters. The van der Waals surface area contributed by atoms with Crippen LogP contribution in [-0.4, -0.2) is 51.9 Å². The highest BCUT2D eigenvalue weighted by molar-refractivity contribution is 9.10. The molecular weight excluding hydrogens is 533 g/mol. The molecule has 0 bridgehead atoms. The van der Waals surface area contributed by atoms with E-state index in [0.29, 0.717) is 37.5 Å². The van der Waals surface area contributed by atoms with Crippen LogP contribution in [0.1, 0.15) is 0 Å². The molecule has 0 aliphatic heterocycles. The molecule has 0 aromatic carbocycles. The van der Waals surface area contributed by atoms with Crippen LogP contribution in [0.25, 0.3) is 0 Å². The van der Waals surface area contributed by atoms with E-state index >= 15 is 0 Å². The van der Waals surface area contributed by atoms with Crippen molar-refractivity contribution < 1.29 is 13.6 Å². The van der Waals surface area contributed by atoms with Gasteiger partial charge < -0.3 is 13.6 Å². The largest absolute Gasteiger partial charge is 0.332 e. The summed E-state index contributed by atoms with van der Waals surface area (Å²) >= 11 is 27.2. The van der Waals surface area contributed by atoms with Crippen LogP contribution in [-0.2, 0) is 13.6 Å². The lowest BCUT2D eigenvalue weighted by molar-refractivity contribution is 0.165. The SMILES string of the molecule is ClCC(Br)COP(OCC(Br)CCl)OCC(Br)CCl. The third-order valence-corrected chi connectivity index (χ3v) is 6.66. The lowest BCUT2D eigenvalue weighted by Crippen LogP contribution is -2.15. The minimum Gasteiger partial charge on any atom is -0.311 e. The molecule has 116 valence electrons. The highest BCUT2D eigenvalue weighted by atomic mass is 79.9. The predicted octanol–water partition coefficient (Wildman–Crippen LogP) is 5.27. The summed E-state index contributed by atoms with van der Waals surface area (Å²) in [6.45, 7) is 1.24. The first-order chi connectivity index (χ1) is 9.03. The fraction of sp³-hybridized carbons (Fsp3) is 1.00. The molecule has 0 N–H and O–H groups in total. The zero-order chi connectivity index (χ0) is 14.7. The van der Waals surface area contributed by atoms with Gasteiger partial charge in [0.1, 0.15) is 0 Å². The van der Waals surface area contributed by atoms with Crippen LogP contribution in [0.15, 0.2) is 0 Å². The third-order valence-electron chi connectivity index (χ3n) is 1.58. The first-order valence-corrected chi connectivity index (χ1v) is 10.8. The standard InChI is InChI=1S/C9H15Br3Cl3O3P/c10-7(1-13)4-16-19(17-5-8(11)2-14)18-6-9(12)3-15/h7-9H,1-6H2. The first-order valence-electron chi connectivity index (χ1n) is 5.32. The van der Waals surface area contributed by atoms with Gasteiger partial charge in [-0.1, -0.05) is 47.8 Å². The molecule has 0 amide bonds. The minimum atomic E-state index is -1.44. The van der Waals surface area contributed by atoms with Gasteiger partial charge in [-0.05, 0) is 0 Å². The molecule has 3 nitrogen and oxygen atoms in total. The third kappa shape index (κ3) is 12.8. The van der Waals surface area contributed by atoms with Crippen LogP contribution in [0.2, 0.25) is 0 Å². The van der Waals surface area contributed by atoms with Crippen molar-refractivity contribution >= 4 is 91.2 Å². The van der Waals surface area contributed by atoms with Crippen LogP contribution in [0, 0.1) is 0 Å². The number of hydrogen-bond donors (Lipinski definition) is 0. The van der Waals surface area contributed by atoms with Crippen LogP contribution in [0.5, 0.6) is 0 Å². The summed E-state index contributed by atoms with van der Waals surface area (Å²) in [5.41, 5.74) is 0. The maximum atomic E-state index is 5.68. The van der Waals surface area contributed by atoms with Gasteiger partial charge >= 0.3 is 8.60 Å². The van der Waals surface area contributed by atoms with E-state index in [-0.39, 0.29) is 14.5 Å². The highest BCUT2D eigenvalue weighted by Crippen LogP contribution is 2.41. The molecule has 0 aromatic heterocycles. The van der Waals surface area contributed by atoms with E-state index in [4.69, 9.17) is 48.4 Å². The Labute approximate surface area is 155 Å². The van der Waals surface area contributed by atoms with Gasteiger partial charge in [-0.2, -0.15) is 0 Å². The van der Waals surface area contributed by atoms with Gasteiger partial charge in [0.15, 0.2) is 0 Å². The molecular formula is C9H15Br3Cl3O3P. The second kappa shape index (κ2) is 14.2. The Kier molecular flexibility index (Phi) is 16.2. The van der Waals surface area contributed by atoms with E-state index in [2.05, 4.69) is 47.8 Å². The quantitative estimate of drug-likeness (QED) is 0.246. The average molecular weight is 548 g/mol. The van der Waals surface area contributed by atoms with Gasteiger partial charge in [0, 0.05) is 17.6 Å². The summed E-state index contributed by atoms with van der Waals surface area (Å²) in [4.78, 5) is 0.186. The molecule has 0 spiro atoms. The Morgan fingerprint density at radius 3 is 1.16 bits per heavy atom. The Bertz CT molecular complexity index is 189. The average Bonchev–Trinajstić information content (AvgIpc) is 2.44. The second-order valence-corrected chi connectivity index (χ2v) is 9.40. The summed E-state index contributed by atoms with van der Waals surface area (Å²) in [5.74, 6) is 1.36. The molecule has 0 saturated carbocycles. The molecule has 0 aromatic rings. The summed E-state index contributed by atoms with van der Waals surface area (Å²) in [5, 5.41) is 0.